The van der Waals surface area contributed by atoms with E-state index in [9.17, 15) is 9.59 Å². The molecule has 2 rings (SSSR count). The molecule has 0 bridgehead atoms. The maximum atomic E-state index is 12.2. The summed E-state index contributed by atoms with van der Waals surface area (Å²) in [5, 5.41) is 5.50. The Hall–Kier alpha value is -2.80. The van der Waals surface area contributed by atoms with E-state index in [-0.39, 0.29) is 11.1 Å². The summed E-state index contributed by atoms with van der Waals surface area (Å²) in [4.78, 5) is 29.7. The zero-order chi connectivity index (χ0) is 20.5. The van der Waals surface area contributed by atoms with Gasteiger partial charge in [0.15, 0.2) is 0 Å². The highest BCUT2D eigenvalue weighted by atomic mass is 32.2. The lowest BCUT2D eigenvalue weighted by Gasteiger charge is -2.13. The Kier molecular flexibility index (Phi) is 8.07. The topological polar surface area (TPSA) is 73.8 Å². The van der Waals surface area contributed by atoms with Crippen LogP contribution in [0, 0.1) is 0 Å². The summed E-state index contributed by atoms with van der Waals surface area (Å²) in [6.45, 7) is 1.86. The van der Waals surface area contributed by atoms with E-state index in [4.69, 9.17) is 0 Å². The maximum absolute atomic E-state index is 12.2. The van der Waals surface area contributed by atoms with Crippen molar-refractivity contribution in [3.8, 4) is 0 Å². The Labute approximate surface area is 170 Å². The van der Waals surface area contributed by atoms with Gasteiger partial charge in [-0.2, -0.15) is 0 Å². The fourth-order valence-corrected chi connectivity index (χ4v) is 3.29. The lowest BCUT2D eigenvalue weighted by Crippen LogP contribution is -2.20. The quantitative estimate of drug-likeness (QED) is 0.696. The van der Waals surface area contributed by atoms with Crippen molar-refractivity contribution in [3.63, 3.8) is 0 Å². The first-order valence-corrected chi connectivity index (χ1v) is 9.88. The molecule has 0 fully saturated rings. The SMILES string of the molecule is CN=C(CSC(=O)NCc1cccc(NC(C)=O)c1)c1ccc(N(C)C)cc1. The number of anilines is 2. The van der Waals surface area contributed by atoms with Gasteiger partial charge in [-0.25, -0.2) is 0 Å². The predicted octanol–water partition coefficient (Wildman–Crippen LogP) is 3.77. The van der Waals surface area contributed by atoms with E-state index in [0.29, 0.717) is 18.0 Å². The Morgan fingerprint density at radius 2 is 1.82 bits per heavy atom. The van der Waals surface area contributed by atoms with Gasteiger partial charge in [0.25, 0.3) is 5.24 Å². The van der Waals surface area contributed by atoms with Gasteiger partial charge in [-0.15, -0.1) is 0 Å². The summed E-state index contributed by atoms with van der Waals surface area (Å²) in [5.41, 5.74) is 4.64. The third kappa shape index (κ3) is 6.74. The minimum absolute atomic E-state index is 0.115. The average molecular weight is 399 g/mol. The fraction of sp³-hybridized carbons (Fsp3) is 0.286. The van der Waals surface area contributed by atoms with Crippen LogP contribution in [-0.4, -0.2) is 43.8 Å². The molecule has 0 heterocycles. The van der Waals surface area contributed by atoms with Crippen molar-refractivity contribution >= 4 is 40.0 Å². The summed E-state index contributed by atoms with van der Waals surface area (Å²) >= 11 is 1.19. The Morgan fingerprint density at radius 1 is 1.11 bits per heavy atom. The van der Waals surface area contributed by atoms with Gasteiger partial charge in [0, 0.05) is 51.7 Å². The van der Waals surface area contributed by atoms with Gasteiger partial charge in [-0.3, -0.25) is 14.6 Å². The molecule has 0 unspecified atom stereocenters. The molecule has 28 heavy (non-hydrogen) atoms. The van der Waals surface area contributed by atoms with Crippen LogP contribution in [0.4, 0.5) is 16.2 Å². The molecule has 2 aromatic rings. The van der Waals surface area contributed by atoms with E-state index >= 15 is 0 Å². The van der Waals surface area contributed by atoms with Crippen LogP contribution in [0.1, 0.15) is 18.1 Å². The van der Waals surface area contributed by atoms with E-state index in [2.05, 4.69) is 15.6 Å². The second-order valence-corrected chi connectivity index (χ2v) is 7.37. The van der Waals surface area contributed by atoms with Crippen LogP contribution in [0.5, 0.6) is 0 Å². The molecule has 0 aliphatic rings. The zero-order valence-electron chi connectivity index (χ0n) is 16.7. The summed E-state index contributed by atoms with van der Waals surface area (Å²) in [6, 6.07) is 15.5. The fourth-order valence-electron chi connectivity index (χ4n) is 2.55. The first kappa shape index (κ1) is 21.5. The molecular formula is C21H26N4O2S. The third-order valence-corrected chi connectivity index (χ3v) is 4.84. The minimum Gasteiger partial charge on any atom is -0.378 e. The maximum Gasteiger partial charge on any atom is 0.279 e. The number of carbonyl (C=O) groups is 2. The molecule has 0 radical (unpaired) electrons. The summed E-state index contributed by atoms with van der Waals surface area (Å²) in [5.74, 6) is 0.372. The number of rotatable bonds is 7. The standard InChI is InChI=1S/C21H26N4O2S/c1-15(26)24-18-7-5-6-16(12-18)13-23-21(27)28-14-20(22-2)17-8-10-19(11-9-17)25(3)4/h5-12H,13-14H2,1-4H3,(H,23,27)(H,24,26). The van der Waals surface area contributed by atoms with Crippen molar-refractivity contribution in [1.82, 2.24) is 5.32 Å². The summed E-state index contributed by atoms with van der Waals surface area (Å²) < 4.78 is 0. The van der Waals surface area contributed by atoms with E-state index < -0.39 is 0 Å². The molecule has 0 atom stereocenters. The first-order chi connectivity index (χ1) is 13.4. The lowest BCUT2D eigenvalue weighted by atomic mass is 10.1. The van der Waals surface area contributed by atoms with Crippen molar-refractivity contribution in [2.75, 3.05) is 37.1 Å². The van der Waals surface area contributed by atoms with Crippen LogP contribution in [0.3, 0.4) is 0 Å². The molecule has 6 nitrogen and oxygen atoms in total. The van der Waals surface area contributed by atoms with Gasteiger partial charge in [-0.05, 0) is 35.4 Å². The zero-order valence-corrected chi connectivity index (χ0v) is 17.5. The normalized spacial score (nSPS) is 11.1. The van der Waals surface area contributed by atoms with Gasteiger partial charge >= 0.3 is 0 Å². The van der Waals surface area contributed by atoms with E-state index in [1.165, 1.54) is 18.7 Å². The van der Waals surface area contributed by atoms with Crippen molar-refractivity contribution in [1.29, 1.82) is 0 Å². The third-order valence-electron chi connectivity index (χ3n) is 4.01. The van der Waals surface area contributed by atoms with E-state index in [0.717, 1.165) is 22.5 Å². The van der Waals surface area contributed by atoms with Crippen LogP contribution in [0.25, 0.3) is 0 Å². The van der Waals surface area contributed by atoms with E-state index in [1.54, 1.807) is 7.05 Å². The number of thioether (sulfide) groups is 1. The Bertz CT molecular complexity index is 848. The smallest absolute Gasteiger partial charge is 0.279 e. The second-order valence-electron chi connectivity index (χ2n) is 6.42. The van der Waals surface area contributed by atoms with Crippen molar-refractivity contribution in [2.24, 2.45) is 4.99 Å². The average Bonchev–Trinajstić information content (AvgIpc) is 2.67. The van der Waals surface area contributed by atoms with Crippen LogP contribution >= 0.6 is 11.8 Å². The van der Waals surface area contributed by atoms with Crippen LogP contribution in [-0.2, 0) is 11.3 Å². The Morgan fingerprint density at radius 3 is 2.43 bits per heavy atom. The predicted molar refractivity (Wildman–Crippen MR) is 119 cm³/mol. The molecule has 0 aliphatic heterocycles. The number of nitrogens with one attached hydrogen (secondary N) is 2. The number of hydrogen-bond acceptors (Lipinski definition) is 5. The van der Waals surface area contributed by atoms with E-state index in [1.807, 2.05) is 67.5 Å². The highest BCUT2D eigenvalue weighted by Gasteiger charge is 2.09. The number of hydrogen-bond donors (Lipinski definition) is 2. The molecule has 0 saturated carbocycles. The molecule has 7 heteroatoms. The molecule has 0 aromatic heterocycles. The highest BCUT2D eigenvalue weighted by Crippen LogP contribution is 2.16. The summed E-state index contributed by atoms with van der Waals surface area (Å²) in [7, 11) is 5.73. The number of benzene rings is 2. The van der Waals surface area contributed by atoms with Crippen molar-refractivity contribution in [3.05, 3.63) is 59.7 Å². The second kappa shape index (κ2) is 10.5. The molecule has 2 N–H and O–H groups in total. The molecule has 2 aromatic carbocycles. The van der Waals surface area contributed by atoms with Crippen LogP contribution in [0.2, 0.25) is 0 Å². The van der Waals surface area contributed by atoms with Gasteiger partial charge in [0.1, 0.15) is 0 Å². The number of nitrogens with zero attached hydrogens (tertiary/aromatic N) is 2. The van der Waals surface area contributed by atoms with Gasteiger partial charge in [-0.1, -0.05) is 36.0 Å². The van der Waals surface area contributed by atoms with Gasteiger partial charge < -0.3 is 15.5 Å². The molecular weight excluding hydrogens is 372 g/mol. The number of carbonyl (C=O) groups excluding carboxylic acids is 2. The van der Waals surface area contributed by atoms with Gasteiger partial charge in [0.2, 0.25) is 5.91 Å². The minimum atomic E-state index is -0.123. The Balaban J connectivity index is 1.86. The first-order valence-electron chi connectivity index (χ1n) is 8.89. The molecule has 0 aliphatic carbocycles. The van der Waals surface area contributed by atoms with Crippen LogP contribution in [0.15, 0.2) is 53.5 Å². The molecule has 2 amide bonds. The van der Waals surface area contributed by atoms with Gasteiger partial charge in [0.05, 0.1) is 5.71 Å². The molecule has 0 spiro atoms. The van der Waals surface area contributed by atoms with Crippen LogP contribution < -0.4 is 15.5 Å². The summed E-state index contributed by atoms with van der Waals surface area (Å²) in [6.07, 6.45) is 0. The largest absolute Gasteiger partial charge is 0.378 e. The number of aliphatic imine (C=N–C) groups is 1. The molecule has 0 saturated heterocycles. The molecule has 148 valence electrons. The van der Waals surface area contributed by atoms with Crippen molar-refractivity contribution < 1.29 is 9.59 Å². The van der Waals surface area contributed by atoms with Crippen molar-refractivity contribution in [2.45, 2.75) is 13.5 Å². The lowest BCUT2D eigenvalue weighted by molar-refractivity contribution is -0.114. The number of amides is 2. The highest BCUT2D eigenvalue weighted by molar-refractivity contribution is 8.14. The monoisotopic (exact) mass is 398 g/mol.